The molecule has 0 unspecified atom stereocenters. The first-order chi connectivity index (χ1) is 14.6. The minimum atomic E-state index is -0.601. The third-order valence-electron chi connectivity index (χ3n) is 5.95. The number of fused-ring (bicyclic) bond motifs is 1. The fraction of sp³-hybridized carbons (Fsp3) is 0.391. The number of nitrogens with one attached hydrogen (secondary N) is 1. The summed E-state index contributed by atoms with van der Waals surface area (Å²) in [6, 6.07) is 12.8. The summed E-state index contributed by atoms with van der Waals surface area (Å²) >= 11 is 0. The van der Waals surface area contributed by atoms with Gasteiger partial charge in [0.15, 0.2) is 0 Å². The third-order valence-corrected chi connectivity index (χ3v) is 5.95. The van der Waals surface area contributed by atoms with Gasteiger partial charge in [-0.1, -0.05) is 30.3 Å². The Morgan fingerprint density at radius 2 is 1.90 bits per heavy atom. The molecule has 1 saturated heterocycles. The quantitative estimate of drug-likeness (QED) is 0.600. The van der Waals surface area contributed by atoms with Gasteiger partial charge in [0.1, 0.15) is 12.4 Å². The van der Waals surface area contributed by atoms with Crippen LogP contribution in [0.3, 0.4) is 0 Å². The van der Waals surface area contributed by atoms with Gasteiger partial charge < -0.3 is 14.4 Å². The summed E-state index contributed by atoms with van der Waals surface area (Å²) in [5.74, 6) is -0.000334. The summed E-state index contributed by atoms with van der Waals surface area (Å²) in [6.45, 7) is 3.93. The second-order valence-corrected chi connectivity index (χ2v) is 7.80. The van der Waals surface area contributed by atoms with Crippen LogP contribution in [0.4, 0.5) is 0 Å². The van der Waals surface area contributed by atoms with Crippen molar-refractivity contribution in [3.8, 4) is 5.75 Å². The summed E-state index contributed by atoms with van der Waals surface area (Å²) in [7, 11) is 0. The Morgan fingerprint density at radius 1 is 1.13 bits per heavy atom. The number of hydrogen-bond acceptors (Lipinski definition) is 5. The van der Waals surface area contributed by atoms with Gasteiger partial charge in [-0.25, -0.2) is 5.48 Å². The standard InChI is InChI=1S/C23H26N2O5/c1-15-4-2-3-5-19(15)20-14-30-21-12-17(22(26)24-28)6-7-18(21)13-25(20)23(27)16-8-10-29-11-9-16/h2-7,12,16,20,28H,8-11,13-14H2,1H3,(H,24,26)/t20-/m1/s1. The van der Waals surface area contributed by atoms with Crippen molar-refractivity contribution < 1.29 is 24.3 Å². The lowest BCUT2D eigenvalue weighted by Crippen LogP contribution is -2.41. The molecular weight excluding hydrogens is 384 g/mol. The fourth-order valence-corrected chi connectivity index (χ4v) is 4.21. The lowest BCUT2D eigenvalue weighted by Gasteiger charge is -2.34. The summed E-state index contributed by atoms with van der Waals surface area (Å²) in [5, 5.41) is 8.92. The molecule has 2 amide bonds. The van der Waals surface area contributed by atoms with E-state index in [2.05, 4.69) is 0 Å². The average molecular weight is 410 g/mol. The predicted molar refractivity (Wildman–Crippen MR) is 109 cm³/mol. The zero-order valence-corrected chi connectivity index (χ0v) is 17.0. The van der Waals surface area contributed by atoms with Crippen LogP contribution in [0, 0.1) is 12.8 Å². The maximum absolute atomic E-state index is 13.5. The first kappa shape index (κ1) is 20.4. The van der Waals surface area contributed by atoms with E-state index in [1.807, 2.05) is 36.1 Å². The normalized spacial score (nSPS) is 19.4. The van der Waals surface area contributed by atoms with Gasteiger partial charge in [-0.05, 0) is 43.0 Å². The van der Waals surface area contributed by atoms with E-state index in [-0.39, 0.29) is 24.5 Å². The highest BCUT2D eigenvalue weighted by molar-refractivity contribution is 5.93. The van der Waals surface area contributed by atoms with Gasteiger partial charge in [-0.15, -0.1) is 0 Å². The molecule has 158 valence electrons. The molecule has 2 aliphatic heterocycles. The molecule has 0 aliphatic carbocycles. The van der Waals surface area contributed by atoms with Crippen LogP contribution in [-0.4, -0.2) is 41.7 Å². The van der Waals surface area contributed by atoms with Crippen molar-refractivity contribution in [3.63, 3.8) is 0 Å². The number of amides is 2. The maximum atomic E-state index is 13.5. The van der Waals surface area contributed by atoms with Crippen LogP contribution in [-0.2, 0) is 16.1 Å². The van der Waals surface area contributed by atoms with Crippen LogP contribution in [0.5, 0.6) is 5.75 Å². The fourth-order valence-electron chi connectivity index (χ4n) is 4.21. The second kappa shape index (κ2) is 8.85. The molecule has 2 heterocycles. The lowest BCUT2D eigenvalue weighted by atomic mass is 9.94. The van der Waals surface area contributed by atoms with Crippen LogP contribution in [0.1, 0.15) is 45.9 Å². The van der Waals surface area contributed by atoms with Crippen molar-refractivity contribution in [2.45, 2.75) is 32.4 Å². The van der Waals surface area contributed by atoms with E-state index in [1.54, 1.807) is 23.7 Å². The van der Waals surface area contributed by atoms with E-state index in [1.165, 1.54) is 0 Å². The molecule has 0 radical (unpaired) electrons. The second-order valence-electron chi connectivity index (χ2n) is 7.80. The molecule has 0 bridgehead atoms. The number of hydrogen-bond donors (Lipinski definition) is 2. The number of nitrogens with zero attached hydrogens (tertiary/aromatic N) is 1. The van der Waals surface area contributed by atoms with Crippen LogP contribution in [0.2, 0.25) is 0 Å². The Bertz CT molecular complexity index is 939. The number of rotatable bonds is 3. The smallest absolute Gasteiger partial charge is 0.274 e. The first-order valence-corrected chi connectivity index (χ1v) is 10.2. The van der Waals surface area contributed by atoms with Gasteiger partial charge in [-0.3, -0.25) is 14.8 Å². The molecule has 1 fully saturated rings. The van der Waals surface area contributed by atoms with Gasteiger partial charge in [0.25, 0.3) is 5.91 Å². The van der Waals surface area contributed by atoms with E-state index >= 15 is 0 Å². The maximum Gasteiger partial charge on any atom is 0.274 e. The van der Waals surface area contributed by atoms with Crippen molar-refractivity contribution >= 4 is 11.8 Å². The van der Waals surface area contributed by atoms with Gasteiger partial charge >= 0.3 is 0 Å². The van der Waals surface area contributed by atoms with Gasteiger partial charge in [-0.2, -0.15) is 0 Å². The van der Waals surface area contributed by atoms with E-state index in [9.17, 15) is 9.59 Å². The number of carbonyl (C=O) groups excluding carboxylic acids is 2. The zero-order valence-electron chi connectivity index (χ0n) is 17.0. The molecule has 7 heteroatoms. The highest BCUT2D eigenvalue weighted by atomic mass is 16.5. The molecule has 4 rings (SSSR count). The molecule has 0 aromatic heterocycles. The molecule has 0 spiro atoms. The first-order valence-electron chi connectivity index (χ1n) is 10.2. The van der Waals surface area contributed by atoms with E-state index < -0.39 is 5.91 Å². The molecule has 2 aliphatic rings. The summed E-state index contributed by atoms with van der Waals surface area (Å²) in [6.07, 6.45) is 1.44. The van der Waals surface area contributed by atoms with Gasteiger partial charge in [0.2, 0.25) is 5.91 Å². The third kappa shape index (κ3) is 4.04. The van der Waals surface area contributed by atoms with Crippen LogP contribution < -0.4 is 10.2 Å². The Morgan fingerprint density at radius 3 is 2.63 bits per heavy atom. The molecule has 7 nitrogen and oxygen atoms in total. The zero-order chi connectivity index (χ0) is 21.1. The van der Waals surface area contributed by atoms with Crippen molar-refractivity contribution in [2.24, 2.45) is 5.92 Å². The Kier molecular flexibility index (Phi) is 6.01. The predicted octanol–water partition coefficient (Wildman–Crippen LogP) is 3.00. The number of benzene rings is 2. The van der Waals surface area contributed by atoms with Crippen molar-refractivity contribution in [1.82, 2.24) is 10.4 Å². The average Bonchev–Trinajstić information content (AvgIpc) is 2.98. The van der Waals surface area contributed by atoms with Gasteiger partial charge in [0, 0.05) is 30.3 Å². The molecule has 0 saturated carbocycles. The topological polar surface area (TPSA) is 88.1 Å². The Labute approximate surface area is 175 Å². The highest BCUT2D eigenvalue weighted by Crippen LogP contribution is 2.35. The largest absolute Gasteiger partial charge is 0.491 e. The minimum Gasteiger partial charge on any atom is -0.491 e. The molecule has 2 aromatic rings. The molecule has 2 aromatic carbocycles. The summed E-state index contributed by atoms with van der Waals surface area (Å²) in [4.78, 5) is 27.3. The number of aryl methyl sites for hydroxylation is 1. The van der Waals surface area contributed by atoms with Crippen molar-refractivity contribution in [1.29, 1.82) is 0 Å². The molecular formula is C23H26N2O5. The minimum absolute atomic E-state index is 0.0636. The van der Waals surface area contributed by atoms with Crippen LogP contribution >= 0.6 is 0 Å². The van der Waals surface area contributed by atoms with Gasteiger partial charge in [0.05, 0.1) is 12.6 Å². The lowest BCUT2D eigenvalue weighted by molar-refractivity contribution is -0.142. The molecule has 30 heavy (non-hydrogen) atoms. The monoisotopic (exact) mass is 410 g/mol. The van der Waals surface area contributed by atoms with E-state index in [0.717, 1.165) is 29.5 Å². The highest BCUT2D eigenvalue weighted by Gasteiger charge is 2.35. The number of carbonyl (C=O) groups is 2. The van der Waals surface area contributed by atoms with Crippen molar-refractivity contribution in [3.05, 3.63) is 64.7 Å². The number of hydroxylamine groups is 1. The Hall–Kier alpha value is -2.90. The van der Waals surface area contributed by atoms with E-state index in [0.29, 0.717) is 31.1 Å². The summed E-state index contributed by atoms with van der Waals surface area (Å²) < 4.78 is 11.5. The molecule has 2 N–H and O–H groups in total. The number of ether oxygens (including phenoxy) is 2. The molecule has 1 atom stereocenters. The SMILES string of the molecule is Cc1ccccc1[C@H]1COc2cc(C(=O)NO)ccc2CN1C(=O)C1CCOCC1. The van der Waals surface area contributed by atoms with Crippen molar-refractivity contribution in [2.75, 3.05) is 19.8 Å². The van der Waals surface area contributed by atoms with E-state index in [4.69, 9.17) is 14.7 Å². The summed E-state index contributed by atoms with van der Waals surface area (Å²) in [5.41, 5.74) is 4.93. The Balaban J connectivity index is 1.71. The van der Waals surface area contributed by atoms with Crippen LogP contribution in [0.25, 0.3) is 0 Å². The van der Waals surface area contributed by atoms with Crippen LogP contribution in [0.15, 0.2) is 42.5 Å².